The molecule has 0 radical (unpaired) electrons. The Kier molecular flexibility index (Phi) is 5.16. The fourth-order valence-electron chi connectivity index (χ4n) is 4.40. The van der Waals surface area contributed by atoms with Gasteiger partial charge in [0.15, 0.2) is 0 Å². The summed E-state index contributed by atoms with van der Waals surface area (Å²) in [6.07, 6.45) is 9.05. The van der Waals surface area contributed by atoms with E-state index in [1.807, 2.05) is 0 Å². The second-order valence-corrected chi connectivity index (χ2v) is 7.97. The molecule has 0 unspecified atom stereocenters. The van der Waals surface area contributed by atoms with Gasteiger partial charge in [0.2, 0.25) is 0 Å². The van der Waals surface area contributed by atoms with E-state index in [0.29, 0.717) is 25.7 Å². The van der Waals surface area contributed by atoms with Crippen molar-refractivity contribution in [1.82, 2.24) is 10.6 Å². The molecule has 0 spiro atoms. The molecule has 24 heavy (non-hydrogen) atoms. The highest BCUT2D eigenvalue weighted by Gasteiger charge is 2.41. The van der Waals surface area contributed by atoms with Crippen molar-refractivity contribution in [2.45, 2.75) is 100 Å². The zero-order valence-electron chi connectivity index (χ0n) is 14.4. The Bertz CT molecular complexity index is 429. The average molecular weight is 338 g/mol. The van der Waals surface area contributed by atoms with E-state index < -0.39 is 11.2 Å². The molecule has 0 atom stereocenters. The first-order chi connectivity index (χ1) is 11.4. The van der Waals surface area contributed by atoms with E-state index >= 15 is 0 Å². The summed E-state index contributed by atoms with van der Waals surface area (Å²) in [4.78, 5) is 24.5. The summed E-state index contributed by atoms with van der Waals surface area (Å²) in [5, 5.41) is 26.6. The minimum absolute atomic E-state index is 0.0739. The molecule has 6 nitrogen and oxygen atoms in total. The summed E-state index contributed by atoms with van der Waals surface area (Å²) in [5.74, 6) is -0.458. The number of aliphatic hydroxyl groups is 2. The van der Waals surface area contributed by atoms with Crippen molar-refractivity contribution in [3.8, 4) is 0 Å². The Hall–Kier alpha value is -1.14. The molecule has 0 aromatic rings. The van der Waals surface area contributed by atoms with Crippen molar-refractivity contribution in [1.29, 1.82) is 0 Å². The van der Waals surface area contributed by atoms with Gasteiger partial charge in [-0.3, -0.25) is 9.59 Å². The first-order valence-corrected chi connectivity index (χ1v) is 9.48. The molecule has 3 fully saturated rings. The molecule has 3 aliphatic rings. The summed E-state index contributed by atoms with van der Waals surface area (Å²) >= 11 is 0. The van der Waals surface area contributed by atoms with Crippen LogP contribution in [0.2, 0.25) is 0 Å². The van der Waals surface area contributed by atoms with Gasteiger partial charge in [-0.25, -0.2) is 0 Å². The highest BCUT2D eigenvalue weighted by Crippen LogP contribution is 2.31. The lowest BCUT2D eigenvalue weighted by molar-refractivity contribution is -0.141. The number of carbonyl (C=O) groups is 2. The van der Waals surface area contributed by atoms with E-state index in [4.69, 9.17) is 0 Å². The van der Waals surface area contributed by atoms with Gasteiger partial charge in [0.25, 0.3) is 11.8 Å². The summed E-state index contributed by atoms with van der Waals surface area (Å²) in [5.41, 5.74) is -2.34. The zero-order valence-corrected chi connectivity index (χ0v) is 14.4. The van der Waals surface area contributed by atoms with Crippen molar-refractivity contribution >= 4 is 11.8 Å². The third kappa shape index (κ3) is 3.75. The smallest absolute Gasteiger partial charge is 0.252 e. The normalized spacial score (nSPS) is 31.6. The SMILES string of the molecule is O=C(NC1CCC(NC(=O)C2(O)CCCC2)CC1)C1(O)CCCC1. The van der Waals surface area contributed by atoms with Crippen molar-refractivity contribution in [2.24, 2.45) is 0 Å². The van der Waals surface area contributed by atoms with Crippen LogP contribution in [0.5, 0.6) is 0 Å². The molecule has 6 heteroatoms. The van der Waals surface area contributed by atoms with Gasteiger partial charge in [-0.05, 0) is 77.0 Å². The van der Waals surface area contributed by atoms with Gasteiger partial charge < -0.3 is 20.8 Å². The van der Waals surface area contributed by atoms with E-state index in [2.05, 4.69) is 10.6 Å². The average Bonchev–Trinajstić information content (AvgIpc) is 3.20. The maximum atomic E-state index is 12.2. The molecule has 0 aliphatic heterocycles. The molecule has 136 valence electrons. The van der Waals surface area contributed by atoms with Crippen molar-refractivity contribution in [2.75, 3.05) is 0 Å². The monoisotopic (exact) mass is 338 g/mol. The van der Waals surface area contributed by atoms with E-state index in [-0.39, 0.29) is 23.9 Å². The molecule has 2 amide bonds. The van der Waals surface area contributed by atoms with E-state index in [1.54, 1.807) is 0 Å². The fraction of sp³-hybridized carbons (Fsp3) is 0.889. The van der Waals surface area contributed by atoms with Crippen molar-refractivity contribution < 1.29 is 19.8 Å². The predicted molar refractivity (Wildman–Crippen MR) is 89.2 cm³/mol. The van der Waals surface area contributed by atoms with Gasteiger partial charge in [0.1, 0.15) is 11.2 Å². The summed E-state index contributed by atoms with van der Waals surface area (Å²) < 4.78 is 0. The van der Waals surface area contributed by atoms with Gasteiger partial charge in [-0.2, -0.15) is 0 Å². The summed E-state index contributed by atoms with van der Waals surface area (Å²) in [6.45, 7) is 0. The lowest BCUT2D eigenvalue weighted by atomic mass is 9.89. The highest BCUT2D eigenvalue weighted by molar-refractivity contribution is 5.86. The molecule has 3 saturated carbocycles. The third-order valence-electron chi connectivity index (χ3n) is 6.10. The van der Waals surface area contributed by atoms with Gasteiger partial charge in [-0.1, -0.05) is 0 Å². The Morgan fingerprint density at radius 3 is 1.25 bits per heavy atom. The molecule has 0 bridgehead atoms. The topological polar surface area (TPSA) is 98.7 Å². The van der Waals surface area contributed by atoms with Crippen LogP contribution in [-0.2, 0) is 9.59 Å². The maximum absolute atomic E-state index is 12.2. The zero-order chi connectivity index (χ0) is 17.2. The van der Waals surface area contributed by atoms with Crippen LogP contribution in [0.3, 0.4) is 0 Å². The molecule has 0 saturated heterocycles. The van der Waals surface area contributed by atoms with Crippen molar-refractivity contribution in [3.63, 3.8) is 0 Å². The second kappa shape index (κ2) is 7.00. The van der Waals surface area contributed by atoms with Gasteiger partial charge in [-0.15, -0.1) is 0 Å². The van der Waals surface area contributed by atoms with Gasteiger partial charge in [0, 0.05) is 12.1 Å². The van der Waals surface area contributed by atoms with E-state index in [9.17, 15) is 19.8 Å². The maximum Gasteiger partial charge on any atom is 0.252 e. The number of amides is 2. The fourth-order valence-corrected chi connectivity index (χ4v) is 4.40. The lowest BCUT2D eigenvalue weighted by Crippen LogP contribution is -2.53. The van der Waals surface area contributed by atoms with Crippen LogP contribution in [0, 0.1) is 0 Å². The number of hydrogen-bond donors (Lipinski definition) is 4. The Morgan fingerprint density at radius 2 is 0.958 bits per heavy atom. The minimum Gasteiger partial charge on any atom is -0.380 e. The number of rotatable bonds is 4. The number of hydrogen-bond acceptors (Lipinski definition) is 4. The largest absolute Gasteiger partial charge is 0.380 e. The number of nitrogens with one attached hydrogen (secondary N) is 2. The molecule has 3 aliphatic carbocycles. The third-order valence-corrected chi connectivity index (χ3v) is 6.10. The lowest BCUT2D eigenvalue weighted by Gasteiger charge is -2.33. The standard InChI is InChI=1S/C18H30N2O4/c21-15(17(23)9-1-2-10-17)19-13-5-7-14(8-6-13)20-16(22)18(24)11-3-4-12-18/h13-14,23-24H,1-12H2,(H,19,21)(H,20,22). The summed E-state index contributed by atoms with van der Waals surface area (Å²) in [7, 11) is 0. The molecular weight excluding hydrogens is 308 g/mol. The van der Waals surface area contributed by atoms with E-state index in [0.717, 1.165) is 51.4 Å². The van der Waals surface area contributed by atoms with Crippen LogP contribution in [0.4, 0.5) is 0 Å². The number of carbonyl (C=O) groups excluding carboxylic acids is 2. The molecule has 0 aromatic heterocycles. The van der Waals surface area contributed by atoms with Crippen LogP contribution < -0.4 is 10.6 Å². The Labute approximate surface area is 143 Å². The highest BCUT2D eigenvalue weighted by atomic mass is 16.3. The van der Waals surface area contributed by atoms with Crippen molar-refractivity contribution in [3.05, 3.63) is 0 Å². The van der Waals surface area contributed by atoms with Crippen LogP contribution in [-0.4, -0.2) is 45.3 Å². The van der Waals surface area contributed by atoms with Gasteiger partial charge in [0.05, 0.1) is 0 Å². The van der Waals surface area contributed by atoms with Crippen LogP contribution in [0.15, 0.2) is 0 Å². The minimum atomic E-state index is -1.17. The molecule has 0 aromatic carbocycles. The quantitative estimate of drug-likeness (QED) is 0.618. The Balaban J connectivity index is 1.42. The second-order valence-electron chi connectivity index (χ2n) is 7.97. The molecular formula is C18H30N2O4. The Morgan fingerprint density at radius 1 is 0.667 bits per heavy atom. The molecule has 0 heterocycles. The first-order valence-electron chi connectivity index (χ1n) is 9.48. The van der Waals surface area contributed by atoms with Crippen LogP contribution in [0.1, 0.15) is 77.0 Å². The first kappa shape index (κ1) is 17.7. The van der Waals surface area contributed by atoms with Crippen LogP contribution in [0.25, 0.3) is 0 Å². The molecule has 3 rings (SSSR count). The van der Waals surface area contributed by atoms with Crippen LogP contribution >= 0.6 is 0 Å². The van der Waals surface area contributed by atoms with E-state index in [1.165, 1.54) is 0 Å². The van der Waals surface area contributed by atoms with Gasteiger partial charge >= 0.3 is 0 Å². The predicted octanol–water partition coefficient (Wildman–Crippen LogP) is 1.14. The summed E-state index contributed by atoms with van der Waals surface area (Å²) in [6, 6.07) is 0.148. The molecule has 4 N–H and O–H groups in total.